The molecule has 1 aromatic carbocycles. The summed E-state index contributed by atoms with van der Waals surface area (Å²) in [7, 11) is 0. The van der Waals surface area contributed by atoms with Gasteiger partial charge in [0.05, 0.1) is 17.1 Å². The molecule has 1 aliphatic rings. The number of hydrogen-bond acceptors (Lipinski definition) is 4. The summed E-state index contributed by atoms with van der Waals surface area (Å²) in [6, 6.07) is 7.98. The first-order valence-electron chi connectivity index (χ1n) is 8.50. The lowest BCUT2D eigenvalue weighted by Crippen LogP contribution is -2.50. The minimum atomic E-state index is -1.24. The molecule has 1 unspecified atom stereocenters. The third-order valence-corrected chi connectivity index (χ3v) is 5.60. The van der Waals surface area contributed by atoms with Crippen molar-refractivity contribution < 1.29 is 9.90 Å². The molecule has 5 nitrogen and oxygen atoms in total. The SMILES string of the molecule is CC(NC(=O)C1(O)CCSCC1)c1nc2ccccc2n1C(C)C. The highest BCUT2D eigenvalue weighted by atomic mass is 32.2. The first-order valence-corrected chi connectivity index (χ1v) is 9.66. The summed E-state index contributed by atoms with van der Waals surface area (Å²) in [6.07, 6.45) is 1.02. The van der Waals surface area contributed by atoms with Gasteiger partial charge in [0.1, 0.15) is 11.4 Å². The molecule has 130 valence electrons. The van der Waals surface area contributed by atoms with E-state index in [1.54, 1.807) is 11.8 Å². The van der Waals surface area contributed by atoms with Gasteiger partial charge in [0.25, 0.3) is 5.91 Å². The molecule has 1 saturated heterocycles. The Hall–Kier alpha value is -1.53. The lowest BCUT2D eigenvalue weighted by Gasteiger charge is -2.31. The molecule has 1 fully saturated rings. The monoisotopic (exact) mass is 347 g/mol. The van der Waals surface area contributed by atoms with Crippen LogP contribution in [-0.2, 0) is 4.79 Å². The molecule has 0 bridgehead atoms. The number of hydrogen-bond donors (Lipinski definition) is 2. The van der Waals surface area contributed by atoms with E-state index in [9.17, 15) is 9.90 Å². The molecule has 6 heteroatoms. The summed E-state index contributed by atoms with van der Waals surface area (Å²) in [4.78, 5) is 17.3. The highest BCUT2D eigenvalue weighted by molar-refractivity contribution is 7.99. The predicted octanol–water partition coefficient (Wildman–Crippen LogP) is 3.05. The lowest BCUT2D eigenvalue weighted by molar-refractivity contribution is -0.141. The number of benzene rings is 1. The molecule has 2 heterocycles. The molecule has 0 radical (unpaired) electrons. The van der Waals surface area contributed by atoms with Crippen molar-refractivity contribution in [2.75, 3.05) is 11.5 Å². The van der Waals surface area contributed by atoms with Crippen LogP contribution in [0.3, 0.4) is 0 Å². The molecule has 0 aliphatic carbocycles. The normalized spacial score (nSPS) is 18.7. The van der Waals surface area contributed by atoms with Gasteiger partial charge < -0.3 is 15.0 Å². The zero-order valence-corrected chi connectivity index (χ0v) is 15.3. The Bertz CT molecular complexity index is 735. The van der Waals surface area contributed by atoms with Gasteiger partial charge in [0, 0.05) is 6.04 Å². The summed E-state index contributed by atoms with van der Waals surface area (Å²) in [6.45, 7) is 6.15. The summed E-state index contributed by atoms with van der Waals surface area (Å²) in [5, 5.41) is 13.6. The van der Waals surface area contributed by atoms with Crippen molar-refractivity contribution in [1.29, 1.82) is 0 Å². The van der Waals surface area contributed by atoms with Gasteiger partial charge in [-0.2, -0.15) is 11.8 Å². The van der Waals surface area contributed by atoms with E-state index in [1.165, 1.54) is 0 Å². The van der Waals surface area contributed by atoms with Crippen LogP contribution in [0.5, 0.6) is 0 Å². The van der Waals surface area contributed by atoms with Crippen molar-refractivity contribution in [3.63, 3.8) is 0 Å². The molecular weight excluding hydrogens is 322 g/mol. The highest BCUT2D eigenvalue weighted by Gasteiger charge is 2.38. The molecule has 0 spiro atoms. The van der Waals surface area contributed by atoms with Crippen LogP contribution in [0.1, 0.15) is 51.5 Å². The Morgan fingerprint density at radius 2 is 1.96 bits per heavy atom. The predicted molar refractivity (Wildman–Crippen MR) is 98.2 cm³/mol. The Kier molecular flexibility index (Phi) is 4.88. The fraction of sp³-hybridized carbons (Fsp3) is 0.556. The quantitative estimate of drug-likeness (QED) is 0.892. The van der Waals surface area contributed by atoms with Crippen LogP contribution in [0, 0.1) is 0 Å². The summed E-state index contributed by atoms with van der Waals surface area (Å²) >= 11 is 1.78. The molecule has 3 rings (SSSR count). The van der Waals surface area contributed by atoms with Crippen molar-refractivity contribution in [1.82, 2.24) is 14.9 Å². The maximum absolute atomic E-state index is 12.6. The topological polar surface area (TPSA) is 67.2 Å². The average Bonchev–Trinajstić information content (AvgIpc) is 2.95. The van der Waals surface area contributed by atoms with Gasteiger partial charge in [-0.15, -0.1) is 0 Å². The third kappa shape index (κ3) is 3.17. The smallest absolute Gasteiger partial charge is 0.252 e. The second kappa shape index (κ2) is 6.76. The summed E-state index contributed by atoms with van der Waals surface area (Å²) in [5.74, 6) is 2.19. The number of para-hydroxylation sites is 2. The fourth-order valence-corrected chi connectivity index (χ4v) is 4.41. The number of carbonyl (C=O) groups excluding carboxylic acids is 1. The number of amides is 1. The number of nitrogens with one attached hydrogen (secondary N) is 1. The van der Waals surface area contributed by atoms with Gasteiger partial charge in [0.15, 0.2) is 0 Å². The summed E-state index contributed by atoms with van der Waals surface area (Å²) < 4.78 is 2.15. The van der Waals surface area contributed by atoms with Crippen molar-refractivity contribution in [2.45, 2.75) is 51.3 Å². The number of imidazole rings is 1. The second-order valence-electron chi connectivity index (χ2n) is 6.76. The van der Waals surface area contributed by atoms with E-state index in [2.05, 4.69) is 23.7 Å². The zero-order valence-electron chi connectivity index (χ0n) is 14.5. The van der Waals surface area contributed by atoms with E-state index in [0.717, 1.165) is 28.4 Å². The number of carbonyl (C=O) groups is 1. The molecule has 24 heavy (non-hydrogen) atoms. The van der Waals surface area contributed by atoms with Gasteiger partial charge in [-0.1, -0.05) is 12.1 Å². The molecule has 1 aliphatic heterocycles. The molecule has 2 aromatic rings. The van der Waals surface area contributed by atoms with Crippen molar-refractivity contribution in [3.8, 4) is 0 Å². The van der Waals surface area contributed by atoms with E-state index in [0.29, 0.717) is 12.8 Å². The van der Waals surface area contributed by atoms with Crippen LogP contribution < -0.4 is 5.32 Å². The van der Waals surface area contributed by atoms with Crippen LogP contribution in [0.2, 0.25) is 0 Å². The lowest BCUT2D eigenvalue weighted by atomic mass is 9.95. The van der Waals surface area contributed by atoms with E-state index in [4.69, 9.17) is 4.98 Å². The van der Waals surface area contributed by atoms with Crippen molar-refractivity contribution in [3.05, 3.63) is 30.1 Å². The maximum atomic E-state index is 12.6. The Morgan fingerprint density at radius 3 is 2.62 bits per heavy atom. The van der Waals surface area contributed by atoms with Crippen LogP contribution in [-0.4, -0.2) is 37.7 Å². The van der Waals surface area contributed by atoms with E-state index in [1.807, 2.05) is 31.2 Å². The van der Waals surface area contributed by atoms with Gasteiger partial charge >= 0.3 is 0 Å². The zero-order chi connectivity index (χ0) is 17.3. The average molecular weight is 347 g/mol. The van der Waals surface area contributed by atoms with Gasteiger partial charge in [-0.25, -0.2) is 4.98 Å². The standard InChI is InChI=1S/C18H25N3O2S/c1-12(2)21-15-7-5-4-6-14(15)20-16(21)13(3)19-17(22)18(23)8-10-24-11-9-18/h4-7,12-13,23H,8-11H2,1-3H3,(H,19,22). The summed E-state index contributed by atoms with van der Waals surface area (Å²) in [5.41, 5.74) is 0.750. The molecule has 2 N–H and O–H groups in total. The minimum Gasteiger partial charge on any atom is -0.380 e. The molecule has 1 atom stereocenters. The van der Waals surface area contributed by atoms with E-state index < -0.39 is 5.60 Å². The molecule has 1 aromatic heterocycles. The molecular formula is C18H25N3O2S. The van der Waals surface area contributed by atoms with E-state index >= 15 is 0 Å². The number of thioether (sulfide) groups is 1. The van der Waals surface area contributed by atoms with Crippen LogP contribution in [0.25, 0.3) is 11.0 Å². The third-order valence-electron chi connectivity index (χ3n) is 4.62. The number of fused-ring (bicyclic) bond motifs is 1. The Balaban J connectivity index is 1.87. The number of aliphatic hydroxyl groups is 1. The van der Waals surface area contributed by atoms with Crippen LogP contribution >= 0.6 is 11.8 Å². The highest BCUT2D eigenvalue weighted by Crippen LogP contribution is 2.29. The van der Waals surface area contributed by atoms with E-state index in [-0.39, 0.29) is 18.0 Å². The largest absolute Gasteiger partial charge is 0.380 e. The number of nitrogens with zero attached hydrogens (tertiary/aromatic N) is 2. The van der Waals surface area contributed by atoms with Crippen LogP contribution in [0.15, 0.2) is 24.3 Å². The number of aromatic nitrogens is 2. The molecule has 1 amide bonds. The van der Waals surface area contributed by atoms with Crippen LogP contribution in [0.4, 0.5) is 0 Å². The number of rotatable bonds is 4. The molecule has 0 saturated carbocycles. The van der Waals surface area contributed by atoms with Gasteiger partial charge in [-0.05, 0) is 57.3 Å². The van der Waals surface area contributed by atoms with Crippen molar-refractivity contribution in [2.24, 2.45) is 0 Å². The minimum absolute atomic E-state index is 0.237. The maximum Gasteiger partial charge on any atom is 0.252 e. The second-order valence-corrected chi connectivity index (χ2v) is 7.99. The fourth-order valence-electron chi connectivity index (χ4n) is 3.24. The first-order chi connectivity index (χ1) is 11.4. The van der Waals surface area contributed by atoms with Gasteiger partial charge in [0.2, 0.25) is 0 Å². The van der Waals surface area contributed by atoms with Gasteiger partial charge in [-0.3, -0.25) is 4.79 Å². The Labute approximate surface area is 146 Å². The Morgan fingerprint density at radius 1 is 1.29 bits per heavy atom. The van der Waals surface area contributed by atoms with Crippen molar-refractivity contribution >= 4 is 28.7 Å². The first kappa shape index (κ1) is 17.3.